The summed E-state index contributed by atoms with van der Waals surface area (Å²) < 4.78 is 9.70. The van der Waals surface area contributed by atoms with Gasteiger partial charge in [-0.25, -0.2) is 0 Å². The molecule has 1 saturated carbocycles. The van der Waals surface area contributed by atoms with Crippen molar-refractivity contribution in [1.82, 2.24) is 4.37 Å². The van der Waals surface area contributed by atoms with E-state index in [1.807, 2.05) is 6.92 Å². The number of anilines is 1. The van der Waals surface area contributed by atoms with E-state index in [9.17, 15) is 4.79 Å². The Morgan fingerprint density at radius 2 is 2.22 bits per heavy atom. The second-order valence-corrected chi connectivity index (χ2v) is 6.28. The zero-order valence-corrected chi connectivity index (χ0v) is 12.4. The first-order valence-electron chi connectivity index (χ1n) is 6.14. The molecule has 0 spiro atoms. The van der Waals surface area contributed by atoms with Crippen molar-refractivity contribution in [1.29, 1.82) is 0 Å². The van der Waals surface area contributed by atoms with Gasteiger partial charge >= 0.3 is 0 Å². The lowest BCUT2D eigenvalue weighted by Gasteiger charge is -2.51. The van der Waals surface area contributed by atoms with Gasteiger partial charge in [0.15, 0.2) is 5.78 Å². The lowest BCUT2D eigenvalue weighted by atomic mass is 9.64. The highest BCUT2D eigenvalue weighted by molar-refractivity contribution is 7.10. The molecule has 1 N–H and O–H groups in total. The molecule has 4 nitrogen and oxygen atoms in total. The van der Waals surface area contributed by atoms with Gasteiger partial charge in [-0.3, -0.25) is 4.79 Å². The van der Waals surface area contributed by atoms with E-state index in [4.69, 9.17) is 4.74 Å². The number of hydrogen-bond acceptors (Lipinski definition) is 5. The Morgan fingerprint density at radius 3 is 2.72 bits per heavy atom. The van der Waals surface area contributed by atoms with E-state index >= 15 is 0 Å². The Morgan fingerprint density at radius 1 is 1.56 bits per heavy atom. The predicted octanol–water partition coefficient (Wildman–Crippen LogP) is 2.88. The molecule has 2 atom stereocenters. The second-order valence-electron chi connectivity index (χ2n) is 5.51. The molecule has 0 amide bonds. The first kappa shape index (κ1) is 13.5. The summed E-state index contributed by atoms with van der Waals surface area (Å²) in [5.41, 5.74) is 1.63. The number of rotatable bonds is 4. The summed E-state index contributed by atoms with van der Waals surface area (Å²) in [4.78, 5) is 11.6. The van der Waals surface area contributed by atoms with Crippen LogP contribution in [0.2, 0.25) is 0 Å². The molecule has 5 heteroatoms. The fourth-order valence-corrected chi connectivity index (χ4v) is 3.47. The van der Waals surface area contributed by atoms with Gasteiger partial charge in [-0.2, -0.15) is 4.37 Å². The molecule has 0 aliphatic heterocycles. The van der Waals surface area contributed by atoms with E-state index < -0.39 is 0 Å². The molecule has 0 bridgehead atoms. The maximum atomic E-state index is 11.6. The highest BCUT2D eigenvalue weighted by Crippen LogP contribution is 2.45. The molecule has 1 aromatic heterocycles. The largest absolute Gasteiger partial charge is 0.381 e. The predicted molar refractivity (Wildman–Crippen MR) is 73.5 cm³/mol. The molecular formula is C13H20N2O2S. The van der Waals surface area contributed by atoms with Crippen LogP contribution in [0.1, 0.15) is 43.2 Å². The minimum absolute atomic E-state index is 0.0733. The van der Waals surface area contributed by atoms with Crippen molar-refractivity contribution >= 4 is 22.3 Å². The number of carbonyl (C=O) groups excluding carboxylic acids is 1. The lowest BCUT2D eigenvalue weighted by Crippen LogP contribution is -2.57. The standard InChI is InChI=1S/C13H20N2O2S/c1-7-11(8(2)16)12(18-15-7)14-9-6-10(17-5)13(9,3)4/h9-10,14H,6H2,1-5H3. The zero-order chi connectivity index (χ0) is 13.5. The molecule has 100 valence electrons. The molecule has 1 aliphatic carbocycles. The van der Waals surface area contributed by atoms with Crippen molar-refractivity contribution in [2.45, 2.75) is 46.3 Å². The number of aryl methyl sites for hydroxylation is 1. The van der Waals surface area contributed by atoms with E-state index in [0.717, 1.165) is 22.7 Å². The van der Waals surface area contributed by atoms with Gasteiger partial charge in [0.1, 0.15) is 5.00 Å². The summed E-state index contributed by atoms with van der Waals surface area (Å²) in [5, 5.41) is 4.35. The average molecular weight is 268 g/mol. The topological polar surface area (TPSA) is 51.2 Å². The number of carbonyl (C=O) groups is 1. The van der Waals surface area contributed by atoms with Crippen LogP contribution < -0.4 is 5.32 Å². The third-order valence-electron chi connectivity index (χ3n) is 3.98. The zero-order valence-electron chi connectivity index (χ0n) is 11.5. The van der Waals surface area contributed by atoms with E-state index in [1.54, 1.807) is 14.0 Å². The van der Waals surface area contributed by atoms with E-state index in [-0.39, 0.29) is 17.3 Å². The summed E-state index contributed by atoms with van der Waals surface area (Å²) in [7, 11) is 1.75. The minimum atomic E-state index is 0.0733. The van der Waals surface area contributed by atoms with Crippen molar-refractivity contribution in [3.05, 3.63) is 11.3 Å². The van der Waals surface area contributed by atoms with Gasteiger partial charge in [-0.15, -0.1) is 0 Å². The van der Waals surface area contributed by atoms with Crippen molar-refractivity contribution in [2.75, 3.05) is 12.4 Å². The van der Waals surface area contributed by atoms with Gasteiger partial charge in [0.25, 0.3) is 0 Å². The maximum absolute atomic E-state index is 11.6. The van der Waals surface area contributed by atoms with Gasteiger partial charge in [0, 0.05) is 18.6 Å². The van der Waals surface area contributed by atoms with Crippen LogP contribution in [-0.4, -0.2) is 29.4 Å². The molecule has 1 fully saturated rings. The number of methoxy groups -OCH3 is 1. The molecule has 0 radical (unpaired) electrons. The number of nitrogens with one attached hydrogen (secondary N) is 1. The van der Waals surface area contributed by atoms with Crippen molar-refractivity contribution in [2.24, 2.45) is 5.41 Å². The summed E-state index contributed by atoms with van der Waals surface area (Å²) in [6, 6.07) is 0.334. The highest BCUT2D eigenvalue weighted by atomic mass is 32.1. The van der Waals surface area contributed by atoms with Crippen LogP contribution in [0.3, 0.4) is 0 Å². The normalized spacial score (nSPS) is 25.6. The Bertz CT molecular complexity index is 468. The third kappa shape index (κ3) is 2.06. The minimum Gasteiger partial charge on any atom is -0.381 e. The van der Waals surface area contributed by atoms with Crippen LogP contribution in [0.25, 0.3) is 0 Å². The van der Waals surface area contributed by atoms with Crippen molar-refractivity contribution in [3.8, 4) is 0 Å². The first-order chi connectivity index (χ1) is 8.37. The average Bonchev–Trinajstić information content (AvgIpc) is 2.65. The summed E-state index contributed by atoms with van der Waals surface area (Å²) in [6.07, 6.45) is 1.25. The van der Waals surface area contributed by atoms with Gasteiger partial charge in [0.2, 0.25) is 0 Å². The van der Waals surface area contributed by atoms with Crippen LogP contribution in [-0.2, 0) is 4.74 Å². The molecule has 1 aliphatic rings. The monoisotopic (exact) mass is 268 g/mol. The number of ether oxygens (including phenoxy) is 1. The Kier molecular flexibility index (Phi) is 3.47. The Hall–Kier alpha value is -0.940. The Balaban J connectivity index is 2.15. The number of nitrogens with zero attached hydrogens (tertiary/aromatic N) is 1. The van der Waals surface area contributed by atoms with Crippen LogP contribution in [0.5, 0.6) is 0 Å². The number of ketones is 1. The first-order valence-corrected chi connectivity index (χ1v) is 6.91. The number of aromatic nitrogens is 1. The summed E-state index contributed by atoms with van der Waals surface area (Å²) in [6.45, 7) is 7.83. The lowest BCUT2D eigenvalue weighted by molar-refractivity contribution is -0.0793. The van der Waals surface area contributed by atoms with E-state index in [2.05, 4.69) is 23.5 Å². The molecule has 18 heavy (non-hydrogen) atoms. The van der Waals surface area contributed by atoms with Gasteiger partial charge < -0.3 is 10.1 Å². The Labute approximate surface area is 112 Å². The molecular weight excluding hydrogens is 248 g/mol. The molecule has 0 aromatic carbocycles. The second kappa shape index (κ2) is 4.63. The summed E-state index contributed by atoms with van der Waals surface area (Å²) >= 11 is 1.37. The van der Waals surface area contributed by atoms with Crippen molar-refractivity contribution in [3.63, 3.8) is 0 Å². The summed E-state index contributed by atoms with van der Waals surface area (Å²) in [5.74, 6) is 0.0733. The molecule has 2 unspecified atom stereocenters. The van der Waals surface area contributed by atoms with Crippen LogP contribution >= 0.6 is 11.5 Å². The van der Waals surface area contributed by atoms with Crippen LogP contribution in [0, 0.1) is 12.3 Å². The molecule has 1 aromatic rings. The molecule has 0 saturated heterocycles. The van der Waals surface area contributed by atoms with Gasteiger partial charge in [0.05, 0.1) is 17.4 Å². The van der Waals surface area contributed by atoms with E-state index in [0.29, 0.717) is 6.04 Å². The smallest absolute Gasteiger partial charge is 0.164 e. The highest BCUT2D eigenvalue weighted by Gasteiger charge is 2.49. The third-order valence-corrected chi connectivity index (χ3v) is 4.85. The van der Waals surface area contributed by atoms with Crippen LogP contribution in [0.4, 0.5) is 5.00 Å². The molecule has 1 heterocycles. The van der Waals surface area contributed by atoms with Crippen LogP contribution in [0.15, 0.2) is 0 Å². The quantitative estimate of drug-likeness (QED) is 0.853. The van der Waals surface area contributed by atoms with Crippen molar-refractivity contribution < 1.29 is 9.53 Å². The number of Topliss-reactive ketones (excluding diaryl/α,β-unsaturated/α-hetero) is 1. The SMILES string of the molecule is COC1CC(Nc2snc(C)c2C(C)=O)C1(C)C. The fourth-order valence-electron chi connectivity index (χ4n) is 2.57. The molecule has 2 rings (SSSR count). The van der Waals surface area contributed by atoms with E-state index in [1.165, 1.54) is 11.5 Å². The van der Waals surface area contributed by atoms with Gasteiger partial charge in [-0.05, 0) is 31.8 Å². The maximum Gasteiger partial charge on any atom is 0.164 e. The van der Waals surface area contributed by atoms with Gasteiger partial charge in [-0.1, -0.05) is 13.8 Å². The fraction of sp³-hybridized carbons (Fsp3) is 0.692. The number of hydrogen-bond donors (Lipinski definition) is 1.